The van der Waals surface area contributed by atoms with Gasteiger partial charge in [-0.05, 0) is 58.4 Å². The third-order valence-electron chi connectivity index (χ3n) is 6.77. The summed E-state index contributed by atoms with van der Waals surface area (Å²) in [5.41, 5.74) is 2.13. The van der Waals surface area contributed by atoms with E-state index < -0.39 is 0 Å². The van der Waals surface area contributed by atoms with Gasteiger partial charge in [-0.2, -0.15) is 0 Å². The molecule has 2 saturated heterocycles. The van der Waals surface area contributed by atoms with Crippen molar-refractivity contribution >= 4 is 7.12 Å². The van der Waals surface area contributed by atoms with Gasteiger partial charge in [-0.3, -0.25) is 0 Å². The Morgan fingerprint density at radius 3 is 2.17 bits per heavy atom. The quantitative estimate of drug-likeness (QED) is 0.773. The molecule has 0 amide bonds. The maximum Gasteiger partial charge on any atom is 0.467 e. The minimum atomic E-state index is -0.285. The Balaban J connectivity index is 1.68. The normalized spacial score (nSPS) is 37.5. The second kappa shape index (κ2) is 4.84. The van der Waals surface area contributed by atoms with Crippen LogP contribution in [0.3, 0.4) is 0 Å². The van der Waals surface area contributed by atoms with Gasteiger partial charge in [0.2, 0.25) is 0 Å². The molecule has 4 heteroatoms. The lowest BCUT2D eigenvalue weighted by molar-refractivity contribution is 0.00578. The Labute approximate surface area is 139 Å². The largest absolute Gasteiger partial charge is 0.467 e. The van der Waals surface area contributed by atoms with E-state index in [0.29, 0.717) is 11.8 Å². The van der Waals surface area contributed by atoms with E-state index in [2.05, 4.69) is 58.9 Å². The first-order valence-corrected chi connectivity index (χ1v) is 8.76. The highest BCUT2D eigenvalue weighted by Gasteiger charge is 2.71. The van der Waals surface area contributed by atoms with Crippen molar-refractivity contribution < 1.29 is 14.0 Å². The van der Waals surface area contributed by atoms with Crippen LogP contribution in [0.5, 0.6) is 0 Å². The Hall–Kier alpha value is -0.835. The highest BCUT2D eigenvalue weighted by Crippen LogP contribution is 2.69. The van der Waals surface area contributed by atoms with Gasteiger partial charge in [-0.1, -0.05) is 29.8 Å². The molecule has 3 nitrogen and oxygen atoms in total. The minimum Gasteiger partial charge on any atom is -0.403 e. The van der Waals surface area contributed by atoms with Crippen LogP contribution >= 0.6 is 0 Å². The smallest absolute Gasteiger partial charge is 0.403 e. The van der Waals surface area contributed by atoms with Crippen LogP contribution in [0, 0.1) is 12.8 Å². The number of hydrogen-bond donors (Lipinski definition) is 0. The van der Waals surface area contributed by atoms with Crippen molar-refractivity contribution in [3.8, 4) is 0 Å². The highest BCUT2D eigenvalue weighted by molar-refractivity contribution is 6.51. The van der Waals surface area contributed by atoms with Crippen molar-refractivity contribution in [2.24, 2.45) is 5.92 Å². The van der Waals surface area contributed by atoms with Crippen molar-refractivity contribution in [1.82, 2.24) is 0 Å². The van der Waals surface area contributed by atoms with Gasteiger partial charge in [-0.15, -0.1) is 0 Å². The maximum absolute atomic E-state index is 6.45. The summed E-state index contributed by atoms with van der Waals surface area (Å²) in [5, 5.41) is -0.0275. The molecule has 0 aromatic heterocycles. The van der Waals surface area contributed by atoms with E-state index in [1.165, 1.54) is 17.5 Å². The Kier molecular flexibility index (Phi) is 3.30. The lowest BCUT2D eigenvalue weighted by Gasteiger charge is -2.52. The second-order valence-electron chi connectivity index (χ2n) is 8.61. The van der Waals surface area contributed by atoms with Crippen molar-refractivity contribution in [2.75, 3.05) is 13.2 Å². The number of aryl methyl sites for hydroxylation is 1. The molecule has 3 atom stereocenters. The molecule has 1 saturated carbocycles. The molecular formula is C19H27BO3. The van der Waals surface area contributed by atoms with Gasteiger partial charge in [0.15, 0.2) is 0 Å². The third-order valence-corrected chi connectivity index (χ3v) is 6.77. The maximum atomic E-state index is 6.45. The summed E-state index contributed by atoms with van der Waals surface area (Å²) < 4.78 is 18.8. The summed E-state index contributed by atoms with van der Waals surface area (Å²) in [6.45, 7) is 12.2. The van der Waals surface area contributed by atoms with E-state index in [1.54, 1.807) is 0 Å². The summed E-state index contributed by atoms with van der Waals surface area (Å²) >= 11 is 0. The van der Waals surface area contributed by atoms with E-state index >= 15 is 0 Å². The summed E-state index contributed by atoms with van der Waals surface area (Å²) in [6.07, 6.45) is 1.17. The first-order valence-electron chi connectivity index (χ1n) is 8.76. The van der Waals surface area contributed by atoms with Crippen molar-refractivity contribution in [1.29, 1.82) is 0 Å². The summed E-state index contributed by atoms with van der Waals surface area (Å²) in [7, 11) is -0.181. The van der Waals surface area contributed by atoms with Crippen LogP contribution in [0.1, 0.15) is 51.2 Å². The first-order chi connectivity index (χ1) is 10.8. The predicted octanol–water partition coefficient (Wildman–Crippen LogP) is 3.96. The molecule has 3 aliphatic rings. The number of hydrogen-bond acceptors (Lipinski definition) is 3. The Bertz CT molecular complexity index is 594. The van der Waals surface area contributed by atoms with Crippen molar-refractivity contribution in [3.63, 3.8) is 0 Å². The number of benzene rings is 1. The van der Waals surface area contributed by atoms with E-state index in [9.17, 15) is 0 Å². The molecule has 0 spiro atoms. The van der Waals surface area contributed by atoms with Crippen LogP contribution in [0.15, 0.2) is 24.3 Å². The van der Waals surface area contributed by atoms with Crippen LogP contribution in [-0.2, 0) is 14.0 Å². The molecule has 3 fully saturated rings. The molecule has 2 aliphatic heterocycles. The number of fused-ring (bicyclic) bond motifs is 1. The molecule has 4 rings (SSSR count). The van der Waals surface area contributed by atoms with Crippen molar-refractivity contribution in [2.45, 2.75) is 63.5 Å². The molecule has 1 aromatic rings. The average molecular weight is 314 g/mol. The zero-order valence-electron chi connectivity index (χ0n) is 14.9. The molecule has 0 bridgehead atoms. The average Bonchev–Trinajstić information content (AvgIpc) is 2.88. The van der Waals surface area contributed by atoms with Crippen LogP contribution in [0.25, 0.3) is 0 Å². The summed E-state index contributed by atoms with van der Waals surface area (Å²) in [6, 6.07) is 8.94. The molecular weight excluding hydrogens is 287 g/mol. The molecule has 124 valence electrons. The molecule has 0 radical (unpaired) electrons. The second-order valence-corrected chi connectivity index (χ2v) is 8.61. The topological polar surface area (TPSA) is 27.7 Å². The van der Waals surface area contributed by atoms with Gasteiger partial charge < -0.3 is 14.0 Å². The molecule has 0 N–H and O–H groups in total. The molecule has 0 unspecified atom stereocenters. The van der Waals surface area contributed by atoms with E-state index in [1.807, 2.05) is 0 Å². The lowest BCUT2D eigenvalue weighted by atomic mass is 9.37. The third kappa shape index (κ3) is 2.08. The first kappa shape index (κ1) is 15.7. The van der Waals surface area contributed by atoms with Gasteiger partial charge >= 0.3 is 7.12 Å². The molecule has 23 heavy (non-hydrogen) atoms. The zero-order valence-corrected chi connectivity index (χ0v) is 14.9. The van der Waals surface area contributed by atoms with Gasteiger partial charge in [0.05, 0.1) is 17.8 Å². The fraction of sp³-hybridized carbons (Fsp3) is 0.684. The number of ether oxygens (including phenoxy) is 1. The molecule has 1 aliphatic carbocycles. The predicted molar refractivity (Wildman–Crippen MR) is 91.6 cm³/mol. The van der Waals surface area contributed by atoms with E-state index in [-0.39, 0.29) is 23.6 Å². The minimum absolute atomic E-state index is 0.0275. The van der Waals surface area contributed by atoms with Crippen molar-refractivity contribution in [3.05, 3.63) is 35.4 Å². The van der Waals surface area contributed by atoms with Crippen LogP contribution in [-0.4, -0.2) is 31.5 Å². The standard InChI is InChI=1S/C19H27BO3/c1-13-6-8-14(9-7-13)16-10-15-11-21-12-19(15,16)20-22-17(2,3)18(4,5)23-20/h6-9,15-16H,10-12H2,1-5H3/t15-,16-,19-/m0/s1. The van der Waals surface area contributed by atoms with Gasteiger partial charge in [0.1, 0.15) is 0 Å². The van der Waals surface area contributed by atoms with Gasteiger partial charge in [0, 0.05) is 11.9 Å². The van der Waals surface area contributed by atoms with Crippen LogP contribution in [0.4, 0.5) is 0 Å². The summed E-state index contributed by atoms with van der Waals surface area (Å²) in [5.74, 6) is 1.01. The zero-order chi connectivity index (χ0) is 16.5. The van der Waals surface area contributed by atoms with Gasteiger partial charge in [-0.25, -0.2) is 0 Å². The lowest BCUT2D eigenvalue weighted by Crippen LogP contribution is -2.52. The van der Waals surface area contributed by atoms with E-state index in [0.717, 1.165) is 13.2 Å². The molecule has 2 heterocycles. The van der Waals surface area contributed by atoms with Crippen LogP contribution in [0.2, 0.25) is 5.31 Å². The van der Waals surface area contributed by atoms with E-state index in [4.69, 9.17) is 14.0 Å². The summed E-state index contributed by atoms with van der Waals surface area (Å²) in [4.78, 5) is 0. The highest BCUT2D eigenvalue weighted by atomic mass is 16.7. The fourth-order valence-corrected chi connectivity index (χ4v) is 4.40. The van der Waals surface area contributed by atoms with Gasteiger partial charge in [0.25, 0.3) is 0 Å². The molecule has 1 aromatic carbocycles. The monoisotopic (exact) mass is 314 g/mol. The SMILES string of the molecule is Cc1ccc([C@@H]2C[C@H]3COC[C@]32B2OC(C)(C)C(C)(C)O2)cc1. The number of rotatable bonds is 2. The Morgan fingerprint density at radius 2 is 1.61 bits per heavy atom. The fourth-order valence-electron chi connectivity index (χ4n) is 4.40. The Morgan fingerprint density at radius 1 is 1.00 bits per heavy atom. The van der Waals surface area contributed by atoms with Crippen LogP contribution < -0.4 is 0 Å².